The molecule has 2 atom stereocenters. The molecule has 2 unspecified atom stereocenters. The molecule has 14 nitrogen and oxygen atoms in total. The van der Waals surface area contributed by atoms with Crippen molar-refractivity contribution in [2.45, 2.75) is 167 Å². The summed E-state index contributed by atoms with van der Waals surface area (Å²) < 4.78 is 19.1. The number of benzene rings is 1. The summed E-state index contributed by atoms with van der Waals surface area (Å²) in [4.78, 5) is 73.5. The number of unbranched alkanes of at least 4 members (excludes halogenated alkanes) is 18. The Bertz CT molecular complexity index is 1430. The van der Waals surface area contributed by atoms with Gasteiger partial charge in [-0.15, -0.1) is 0 Å². The molecule has 0 bridgehead atoms. The molecule has 0 aliphatic heterocycles. The minimum atomic E-state index is -2.24. The molecule has 0 aromatic heterocycles. The number of rotatable bonds is 33. The van der Waals surface area contributed by atoms with Gasteiger partial charge in [-0.25, -0.2) is 19.2 Å². The smallest absolute Gasteiger partial charge is 0.408 e. The third-order valence-electron chi connectivity index (χ3n) is 9.99. The second-order valence-electron chi connectivity index (χ2n) is 14.9. The summed E-state index contributed by atoms with van der Waals surface area (Å²) in [5, 5.41) is 23.8. The summed E-state index contributed by atoms with van der Waals surface area (Å²) in [5.74, 6) is -3.60. The molecule has 61 heavy (non-hydrogen) atoms. The SMILES string of the molecule is CCCCCCCCCCC/C=C/C(=O)C(CO)(NC(=O)OCC)C(=O)OC.CCCCCCCCCCC/C=C/C(=O)C(CO)(NC(=O)OCc1ccccc1)C(=O)OC. The molecule has 0 aliphatic carbocycles. The van der Waals surface area contributed by atoms with E-state index in [2.05, 4.69) is 34.0 Å². The molecule has 14 heteroatoms. The third-order valence-corrected chi connectivity index (χ3v) is 9.99. The first-order chi connectivity index (χ1) is 29.5. The van der Waals surface area contributed by atoms with Gasteiger partial charge in [-0.05, 0) is 50.3 Å². The predicted octanol–water partition coefficient (Wildman–Crippen LogP) is 8.55. The van der Waals surface area contributed by atoms with Crippen molar-refractivity contribution in [3.63, 3.8) is 0 Å². The molecule has 0 saturated heterocycles. The van der Waals surface area contributed by atoms with Gasteiger partial charge in [0.05, 0.1) is 34.0 Å². The normalized spacial score (nSPS) is 13.0. The minimum absolute atomic E-state index is 0.0437. The Morgan fingerprint density at radius 3 is 1.25 bits per heavy atom. The van der Waals surface area contributed by atoms with Crippen LogP contribution in [0.2, 0.25) is 0 Å². The Morgan fingerprint density at radius 1 is 0.541 bits per heavy atom. The Morgan fingerprint density at radius 2 is 0.902 bits per heavy atom. The average molecular weight is 861 g/mol. The summed E-state index contributed by atoms with van der Waals surface area (Å²) in [7, 11) is 2.17. The lowest BCUT2D eigenvalue weighted by molar-refractivity contribution is -0.155. The Balaban J connectivity index is 0.00000120. The minimum Gasteiger partial charge on any atom is -0.467 e. The van der Waals surface area contributed by atoms with Crippen molar-refractivity contribution in [3.05, 3.63) is 60.2 Å². The maximum atomic E-state index is 12.7. The lowest BCUT2D eigenvalue weighted by Gasteiger charge is -2.27. The van der Waals surface area contributed by atoms with E-state index in [0.29, 0.717) is 12.8 Å². The second kappa shape index (κ2) is 36.1. The van der Waals surface area contributed by atoms with Crippen LogP contribution in [0.5, 0.6) is 0 Å². The Kier molecular flexibility index (Phi) is 33.4. The zero-order valence-corrected chi connectivity index (χ0v) is 37.6. The molecule has 0 saturated carbocycles. The van der Waals surface area contributed by atoms with Crippen LogP contribution in [0, 0.1) is 0 Å². The highest BCUT2D eigenvalue weighted by atomic mass is 16.6. The number of ketones is 2. The molecule has 1 aromatic rings. The zero-order chi connectivity index (χ0) is 45.6. The van der Waals surface area contributed by atoms with Gasteiger partial charge in [0, 0.05) is 0 Å². The highest BCUT2D eigenvalue weighted by Crippen LogP contribution is 2.16. The number of nitrogens with one attached hydrogen (secondary N) is 2. The number of carbonyl (C=O) groups is 6. The van der Waals surface area contributed by atoms with Gasteiger partial charge in [0.2, 0.25) is 11.1 Å². The summed E-state index contributed by atoms with van der Waals surface area (Å²) in [6.45, 7) is 4.17. The van der Waals surface area contributed by atoms with E-state index in [1.807, 2.05) is 6.07 Å². The molecule has 1 aromatic carbocycles. The molecule has 4 N–H and O–H groups in total. The van der Waals surface area contributed by atoms with Gasteiger partial charge in [0.25, 0.3) is 0 Å². The highest BCUT2D eigenvalue weighted by molar-refractivity contribution is 6.16. The number of alkyl carbamates (subject to hydrolysis) is 2. The largest absolute Gasteiger partial charge is 0.467 e. The monoisotopic (exact) mass is 861 g/mol. The van der Waals surface area contributed by atoms with Crippen molar-refractivity contribution >= 4 is 35.7 Å². The fraction of sp³-hybridized carbons (Fsp3) is 0.660. The topological polar surface area (TPSA) is 204 Å². The van der Waals surface area contributed by atoms with Crippen molar-refractivity contribution in [2.24, 2.45) is 0 Å². The van der Waals surface area contributed by atoms with Crippen molar-refractivity contribution in [1.82, 2.24) is 10.6 Å². The predicted molar refractivity (Wildman–Crippen MR) is 236 cm³/mol. The molecule has 0 heterocycles. The molecular weight excluding hydrogens is 785 g/mol. The third kappa shape index (κ3) is 23.9. The zero-order valence-electron chi connectivity index (χ0n) is 37.6. The maximum Gasteiger partial charge on any atom is 0.408 e. The van der Waals surface area contributed by atoms with Crippen LogP contribution in [0.3, 0.4) is 0 Å². The van der Waals surface area contributed by atoms with E-state index >= 15 is 0 Å². The first-order valence-electron chi connectivity index (χ1n) is 22.2. The average Bonchev–Trinajstić information content (AvgIpc) is 3.27. The van der Waals surface area contributed by atoms with E-state index in [1.54, 1.807) is 43.3 Å². The van der Waals surface area contributed by atoms with Gasteiger partial charge in [-0.1, -0.05) is 159 Å². The fourth-order valence-electron chi connectivity index (χ4n) is 6.22. The van der Waals surface area contributed by atoms with Gasteiger partial charge in [-0.3, -0.25) is 20.2 Å². The number of ether oxygens (including phenoxy) is 4. The molecule has 2 amide bonds. The van der Waals surface area contributed by atoms with E-state index in [1.165, 1.54) is 95.6 Å². The van der Waals surface area contributed by atoms with Crippen LogP contribution >= 0.6 is 0 Å². The lowest BCUT2D eigenvalue weighted by Crippen LogP contribution is -2.62. The van der Waals surface area contributed by atoms with Crippen molar-refractivity contribution in [1.29, 1.82) is 0 Å². The van der Waals surface area contributed by atoms with E-state index in [0.717, 1.165) is 51.9 Å². The fourth-order valence-corrected chi connectivity index (χ4v) is 6.22. The molecule has 0 radical (unpaired) electrons. The second-order valence-corrected chi connectivity index (χ2v) is 14.9. The summed E-state index contributed by atoms with van der Waals surface area (Å²) >= 11 is 0. The molecular formula is C47H76N2O12. The number of aliphatic hydroxyl groups excluding tert-OH is 2. The van der Waals surface area contributed by atoms with Crippen LogP contribution in [0.15, 0.2) is 54.6 Å². The van der Waals surface area contributed by atoms with Gasteiger partial charge in [0.1, 0.15) is 6.61 Å². The van der Waals surface area contributed by atoms with E-state index < -0.39 is 60.0 Å². The van der Waals surface area contributed by atoms with Crippen molar-refractivity contribution < 1.29 is 57.9 Å². The first-order valence-corrected chi connectivity index (χ1v) is 22.2. The van der Waals surface area contributed by atoms with Gasteiger partial charge in [-0.2, -0.15) is 0 Å². The van der Waals surface area contributed by atoms with Crippen molar-refractivity contribution in [2.75, 3.05) is 34.0 Å². The van der Waals surface area contributed by atoms with Crippen molar-refractivity contribution in [3.8, 4) is 0 Å². The van der Waals surface area contributed by atoms with Gasteiger partial charge < -0.3 is 29.2 Å². The molecule has 346 valence electrons. The number of hydrogen-bond acceptors (Lipinski definition) is 12. The molecule has 0 aliphatic rings. The van der Waals surface area contributed by atoms with E-state index in [4.69, 9.17) is 9.47 Å². The van der Waals surface area contributed by atoms with Crippen LogP contribution < -0.4 is 10.6 Å². The van der Waals surface area contributed by atoms with E-state index in [-0.39, 0.29) is 13.2 Å². The van der Waals surface area contributed by atoms with Crippen LogP contribution in [0.4, 0.5) is 9.59 Å². The molecule has 0 spiro atoms. The number of carbonyl (C=O) groups excluding carboxylic acids is 6. The standard InChI is InChI=1S/C26H39NO6.C21H37NO6/c1-3-4-5-6-7-8-9-10-11-12-16-19-23(29)26(21-28,24(30)32-2)27-25(31)33-20-22-17-14-13-15-18-22;1-4-6-7-8-9-10-11-12-13-14-15-16-18(24)21(17-23,19(25)27-3)22-20(26)28-5-2/h13-19,28H,3-12,20-21H2,1-2H3,(H,27,31);15-16,23H,4-14,17H2,1-3H3,(H,22,26)/b19-16+;16-15+. The van der Waals surface area contributed by atoms with Gasteiger partial charge in [0.15, 0.2) is 11.6 Å². The summed E-state index contributed by atoms with van der Waals surface area (Å²) in [6, 6.07) is 8.97. The van der Waals surface area contributed by atoms with Crippen LogP contribution in [-0.2, 0) is 44.7 Å². The number of aliphatic hydroxyl groups is 2. The van der Waals surface area contributed by atoms with Crippen LogP contribution in [-0.4, -0.2) is 91.0 Å². The quantitative estimate of drug-likeness (QED) is 0.0173. The summed E-state index contributed by atoms with van der Waals surface area (Å²) in [6.07, 6.45) is 26.8. The van der Waals surface area contributed by atoms with Gasteiger partial charge >= 0.3 is 24.1 Å². The van der Waals surface area contributed by atoms with Crippen LogP contribution in [0.1, 0.15) is 155 Å². The molecule has 1 rings (SSSR count). The number of allylic oxidation sites excluding steroid dienone is 2. The Labute approximate surface area is 364 Å². The highest BCUT2D eigenvalue weighted by Gasteiger charge is 2.48. The number of amides is 2. The number of hydrogen-bond donors (Lipinski definition) is 4. The number of esters is 2. The lowest BCUT2D eigenvalue weighted by atomic mass is 9.94. The number of methoxy groups -OCH3 is 2. The van der Waals surface area contributed by atoms with E-state index in [9.17, 15) is 39.0 Å². The summed E-state index contributed by atoms with van der Waals surface area (Å²) in [5.41, 5.74) is -3.68. The molecule has 0 fully saturated rings. The Hall–Kier alpha value is -4.56. The first kappa shape index (κ1) is 56.4. The maximum absolute atomic E-state index is 12.7. The van der Waals surface area contributed by atoms with Crippen LogP contribution in [0.25, 0.3) is 0 Å².